The van der Waals surface area contributed by atoms with Crippen LogP contribution >= 0.6 is 0 Å². The van der Waals surface area contributed by atoms with Gasteiger partial charge < -0.3 is 20.9 Å². The topological polar surface area (TPSA) is 102 Å². The Bertz CT molecular complexity index is 409. The van der Waals surface area contributed by atoms with E-state index in [0.29, 0.717) is 13.0 Å². The number of nitrogens with one attached hydrogen (secondary N) is 1. The summed E-state index contributed by atoms with van der Waals surface area (Å²) >= 11 is 0. The minimum absolute atomic E-state index is 0.00634. The molecule has 0 aromatic heterocycles. The fourth-order valence-corrected chi connectivity index (χ4v) is 3.46. The molecule has 2 aliphatic rings. The van der Waals surface area contributed by atoms with Crippen molar-refractivity contribution in [3.63, 3.8) is 0 Å². The van der Waals surface area contributed by atoms with E-state index in [2.05, 4.69) is 5.32 Å². The minimum atomic E-state index is -1.04. The van der Waals surface area contributed by atoms with E-state index in [1.165, 1.54) is 0 Å². The van der Waals surface area contributed by atoms with Crippen LogP contribution in [0.2, 0.25) is 0 Å². The van der Waals surface area contributed by atoms with Crippen molar-refractivity contribution >= 4 is 11.9 Å². The quantitative estimate of drug-likeness (QED) is 0.673. The SMILES string of the molecule is CCC(NC(=O)C1(N)C2CCOC2C1(C)C)C(=O)O. The van der Waals surface area contributed by atoms with Crippen LogP contribution in [0.3, 0.4) is 0 Å². The van der Waals surface area contributed by atoms with Crippen molar-refractivity contribution < 1.29 is 19.4 Å². The Morgan fingerprint density at radius 2 is 2.16 bits per heavy atom. The zero-order chi connectivity index (χ0) is 14.4. The Kier molecular flexibility index (Phi) is 3.35. The lowest BCUT2D eigenvalue weighted by atomic mass is 9.48. The molecule has 4 atom stereocenters. The van der Waals surface area contributed by atoms with E-state index in [-0.39, 0.29) is 17.9 Å². The van der Waals surface area contributed by atoms with Crippen molar-refractivity contribution in [1.82, 2.24) is 5.32 Å². The number of carbonyl (C=O) groups is 2. The molecule has 1 amide bonds. The lowest BCUT2D eigenvalue weighted by Gasteiger charge is -2.60. The Labute approximate surface area is 112 Å². The first-order chi connectivity index (χ1) is 8.76. The average Bonchev–Trinajstić information content (AvgIpc) is 2.81. The number of amides is 1. The van der Waals surface area contributed by atoms with E-state index in [1.54, 1.807) is 6.92 Å². The van der Waals surface area contributed by atoms with Crippen LogP contribution < -0.4 is 11.1 Å². The summed E-state index contributed by atoms with van der Waals surface area (Å²) in [6, 6.07) is -0.884. The van der Waals surface area contributed by atoms with Crippen LogP contribution in [-0.2, 0) is 14.3 Å². The minimum Gasteiger partial charge on any atom is -0.480 e. The molecule has 108 valence electrons. The van der Waals surface area contributed by atoms with Gasteiger partial charge in [0.1, 0.15) is 11.6 Å². The fourth-order valence-electron chi connectivity index (χ4n) is 3.46. The second kappa shape index (κ2) is 4.45. The number of nitrogens with two attached hydrogens (primary N) is 1. The number of aliphatic carboxylic acids is 1. The second-order valence-corrected chi connectivity index (χ2v) is 6.05. The summed E-state index contributed by atoms with van der Waals surface area (Å²) in [4.78, 5) is 23.4. The molecule has 0 spiro atoms. The Morgan fingerprint density at radius 3 is 2.68 bits per heavy atom. The largest absolute Gasteiger partial charge is 0.480 e. The highest BCUT2D eigenvalue weighted by molar-refractivity contribution is 5.92. The summed E-state index contributed by atoms with van der Waals surface area (Å²) in [7, 11) is 0. The standard InChI is InChI=1S/C13H22N2O4/c1-4-8(10(16)17)15-11(18)13(14)7-5-6-19-9(7)12(13,2)3/h7-9H,4-6,14H2,1-3H3,(H,15,18)(H,16,17). The van der Waals surface area contributed by atoms with Gasteiger partial charge in [0.05, 0.1) is 6.10 Å². The van der Waals surface area contributed by atoms with Crippen molar-refractivity contribution in [2.24, 2.45) is 17.1 Å². The molecule has 0 bridgehead atoms. The van der Waals surface area contributed by atoms with E-state index in [1.807, 2.05) is 13.8 Å². The molecule has 0 aromatic rings. The van der Waals surface area contributed by atoms with Gasteiger partial charge in [-0.2, -0.15) is 0 Å². The van der Waals surface area contributed by atoms with Gasteiger partial charge >= 0.3 is 5.97 Å². The first kappa shape index (κ1) is 14.3. The first-order valence-electron chi connectivity index (χ1n) is 6.71. The van der Waals surface area contributed by atoms with Crippen molar-refractivity contribution in [2.45, 2.75) is 51.3 Å². The van der Waals surface area contributed by atoms with Gasteiger partial charge in [-0.05, 0) is 12.8 Å². The van der Waals surface area contributed by atoms with Crippen LogP contribution in [0.4, 0.5) is 0 Å². The van der Waals surface area contributed by atoms with Gasteiger partial charge in [-0.15, -0.1) is 0 Å². The molecule has 4 unspecified atom stereocenters. The molecule has 1 aliphatic heterocycles. The second-order valence-electron chi connectivity index (χ2n) is 6.05. The molecule has 1 saturated carbocycles. The van der Waals surface area contributed by atoms with Crippen molar-refractivity contribution in [2.75, 3.05) is 6.61 Å². The summed E-state index contributed by atoms with van der Waals surface area (Å²) in [6.45, 7) is 6.14. The number of rotatable bonds is 4. The number of hydrogen-bond acceptors (Lipinski definition) is 4. The van der Waals surface area contributed by atoms with E-state index in [9.17, 15) is 9.59 Å². The highest BCUT2D eigenvalue weighted by Gasteiger charge is 2.71. The molecule has 1 saturated heterocycles. The van der Waals surface area contributed by atoms with Crippen molar-refractivity contribution in [1.29, 1.82) is 0 Å². The Hall–Kier alpha value is -1.14. The molecule has 19 heavy (non-hydrogen) atoms. The van der Waals surface area contributed by atoms with E-state index >= 15 is 0 Å². The maximum absolute atomic E-state index is 12.4. The summed E-state index contributed by atoms with van der Waals surface area (Å²) in [5, 5.41) is 11.6. The predicted molar refractivity (Wildman–Crippen MR) is 68.4 cm³/mol. The van der Waals surface area contributed by atoms with Crippen molar-refractivity contribution in [3.05, 3.63) is 0 Å². The number of hydrogen-bond donors (Lipinski definition) is 3. The zero-order valence-electron chi connectivity index (χ0n) is 11.6. The van der Waals surface area contributed by atoms with Crippen LogP contribution in [0.15, 0.2) is 0 Å². The monoisotopic (exact) mass is 270 g/mol. The van der Waals surface area contributed by atoms with Gasteiger partial charge in [-0.1, -0.05) is 20.8 Å². The van der Waals surface area contributed by atoms with Crippen LogP contribution in [0, 0.1) is 11.3 Å². The van der Waals surface area contributed by atoms with Gasteiger partial charge in [0.15, 0.2) is 0 Å². The third-order valence-corrected chi connectivity index (χ3v) is 4.84. The van der Waals surface area contributed by atoms with E-state index < -0.39 is 23.0 Å². The molecule has 2 fully saturated rings. The Balaban J connectivity index is 2.16. The number of fused-ring (bicyclic) bond motifs is 1. The zero-order valence-corrected chi connectivity index (χ0v) is 11.6. The predicted octanol–water partition coefficient (Wildman–Crippen LogP) is 0.108. The number of carbonyl (C=O) groups excluding carboxylic acids is 1. The van der Waals surface area contributed by atoms with Gasteiger partial charge in [0.2, 0.25) is 5.91 Å². The van der Waals surface area contributed by atoms with Crippen LogP contribution in [-0.4, -0.2) is 41.3 Å². The molecule has 4 N–H and O–H groups in total. The van der Waals surface area contributed by atoms with Crippen LogP contribution in [0.5, 0.6) is 0 Å². The first-order valence-corrected chi connectivity index (χ1v) is 6.71. The summed E-state index contributed by atoms with van der Waals surface area (Å²) in [5.74, 6) is -1.43. The lowest BCUT2D eigenvalue weighted by Crippen LogP contribution is -2.80. The lowest BCUT2D eigenvalue weighted by molar-refractivity contribution is -0.176. The molecule has 1 aliphatic carbocycles. The normalized spacial score (nSPS) is 37.1. The molecule has 1 heterocycles. The molecule has 6 nitrogen and oxygen atoms in total. The van der Waals surface area contributed by atoms with Gasteiger partial charge in [-0.25, -0.2) is 4.79 Å². The molecule has 2 rings (SSSR count). The van der Waals surface area contributed by atoms with Gasteiger partial charge in [0, 0.05) is 17.9 Å². The van der Waals surface area contributed by atoms with E-state index in [0.717, 1.165) is 6.42 Å². The highest BCUT2D eigenvalue weighted by atomic mass is 16.5. The maximum Gasteiger partial charge on any atom is 0.326 e. The number of carboxylic acids is 1. The third kappa shape index (κ3) is 1.77. The van der Waals surface area contributed by atoms with Gasteiger partial charge in [0.25, 0.3) is 0 Å². The molecule has 6 heteroatoms. The summed E-state index contributed by atoms with van der Waals surface area (Å²) in [6.07, 6.45) is 1.08. The third-order valence-electron chi connectivity index (χ3n) is 4.84. The number of ether oxygens (including phenoxy) is 1. The maximum atomic E-state index is 12.4. The Morgan fingerprint density at radius 1 is 1.53 bits per heavy atom. The highest BCUT2D eigenvalue weighted by Crippen LogP contribution is 2.58. The van der Waals surface area contributed by atoms with Crippen LogP contribution in [0.25, 0.3) is 0 Å². The molecular formula is C13H22N2O4. The fraction of sp³-hybridized carbons (Fsp3) is 0.846. The van der Waals surface area contributed by atoms with Crippen LogP contribution in [0.1, 0.15) is 33.6 Å². The number of carboxylic acid groups (broad SMARTS) is 1. The van der Waals surface area contributed by atoms with Gasteiger partial charge in [-0.3, -0.25) is 4.79 Å². The summed E-state index contributed by atoms with van der Waals surface area (Å²) < 4.78 is 5.62. The molecule has 0 aromatic carbocycles. The average molecular weight is 270 g/mol. The smallest absolute Gasteiger partial charge is 0.326 e. The van der Waals surface area contributed by atoms with E-state index in [4.69, 9.17) is 15.6 Å². The van der Waals surface area contributed by atoms with Crippen molar-refractivity contribution in [3.8, 4) is 0 Å². The molecular weight excluding hydrogens is 248 g/mol. The summed E-state index contributed by atoms with van der Waals surface area (Å²) in [5.41, 5.74) is 4.81. The molecule has 0 radical (unpaired) electrons.